The molecular formula is C12H16OS. The molecule has 0 bridgehead atoms. The second-order valence-electron chi connectivity index (χ2n) is 3.83. The molecule has 0 aromatic carbocycles. The van der Waals surface area contributed by atoms with Gasteiger partial charge in [0.05, 0.1) is 12.0 Å². The summed E-state index contributed by atoms with van der Waals surface area (Å²) in [6, 6.07) is 4.00. The van der Waals surface area contributed by atoms with Gasteiger partial charge < -0.3 is 4.42 Å². The monoisotopic (exact) mass is 208 g/mol. The number of rotatable bonds is 3. The maximum atomic E-state index is 5.31. The number of thioether (sulfide) groups is 1. The molecule has 14 heavy (non-hydrogen) atoms. The normalized spacial score (nSPS) is 22.1. The lowest BCUT2D eigenvalue weighted by atomic mass is 10.0. The molecule has 1 aromatic heterocycles. The lowest BCUT2D eigenvalue weighted by Gasteiger charge is -2.18. The van der Waals surface area contributed by atoms with Crippen molar-refractivity contribution in [3.8, 4) is 0 Å². The van der Waals surface area contributed by atoms with Crippen LogP contribution in [0.3, 0.4) is 0 Å². The van der Waals surface area contributed by atoms with Crippen LogP contribution in [0.1, 0.15) is 31.9 Å². The Morgan fingerprint density at radius 2 is 2.50 bits per heavy atom. The second-order valence-corrected chi connectivity index (χ2v) is 5.06. The summed E-state index contributed by atoms with van der Waals surface area (Å²) in [7, 11) is 0. The Morgan fingerprint density at radius 1 is 1.57 bits per heavy atom. The largest absolute Gasteiger partial charge is 0.468 e. The van der Waals surface area contributed by atoms with E-state index >= 15 is 0 Å². The third-order valence-corrected chi connectivity index (χ3v) is 3.80. The van der Waals surface area contributed by atoms with E-state index in [2.05, 4.69) is 13.0 Å². The first-order chi connectivity index (χ1) is 6.84. The van der Waals surface area contributed by atoms with Crippen molar-refractivity contribution in [2.45, 2.75) is 37.2 Å². The Kier molecular flexibility index (Phi) is 3.35. The maximum Gasteiger partial charge on any atom is 0.113 e. The van der Waals surface area contributed by atoms with Crippen LogP contribution in [0.15, 0.2) is 34.5 Å². The molecule has 0 saturated carbocycles. The number of allylic oxidation sites excluding steroid dienone is 1. The Morgan fingerprint density at radius 3 is 3.21 bits per heavy atom. The third-order valence-electron chi connectivity index (χ3n) is 2.55. The van der Waals surface area contributed by atoms with E-state index in [1.165, 1.54) is 19.3 Å². The van der Waals surface area contributed by atoms with Crippen LogP contribution < -0.4 is 0 Å². The van der Waals surface area contributed by atoms with Crippen molar-refractivity contribution in [3.05, 3.63) is 35.8 Å². The van der Waals surface area contributed by atoms with E-state index in [9.17, 15) is 0 Å². The summed E-state index contributed by atoms with van der Waals surface area (Å²) in [6.45, 7) is 2.24. The molecule has 0 spiro atoms. The first-order valence-electron chi connectivity index (χ1n) is 5.16. The zero-order valence-corrected chi connectivity index (χ0v) is 9.35. The highest BCUT2D eigenvalue weighted by Crippen LogP contribution is 2.29. The SMILES string of the molecule is CC1=CC(SCc2ccco2)CCC1. The van der Waals surface area contributed by atoms with Gasteiger partial charge in [-0.1, -0.05) is 11.6 Å². The Labute approximate surface area is 89.6 Å². The van der Waals surface area contributed by atoms with E-state index in [0.717, 1.165) is 11.5 Å². The minimum atomic E-state index is 0.703. The smallest absolute Gasteiger partial charge is 0.113 e. The van der Waals surface area contributed by atoms with Crippen molar-refractivity contribution in [2.75, 3.05) is 0 Å². The molecule has 0 radical (unpaired) electrons. The van der Waals surface area contributed by atoms with Crippen molar-refractivity contribution < 1.29 is 4.42 Å². The zero-order valence-electron chi connectivity index (χ0n) is 8.53. The molecule has 2 rings (SSSR count). The van der Waals surface area contributed by atoms with Crippen molar-refractivity contribution in [1.82, 2.24) is 0 Å². The summed E-state index contributed by atoms with van der Waals surface area (Å²) in [5, 5.41) is 0.703. The minimum Gasteiger partial charge on any atom is -0.468 e. The van der Waals surface area contributed by atoms with Gasteiger partial charge >= 0.3 is 0 Å². The number of hydrogen-bond donors (Lipinski definition) is 0. The molecule has 1 unspecified atom stereocenters. The van der Waals surface area contributed by atoms with Gasteiger partial charge in [-0.15, -0.1) is 11.8 Å². The number of furan rings is 1. The summed E-state index contributed by atoms with van der Waals surface area (Å²) in [4.78, 5) is 0. The summed E-state index contributed by atoms with van der Waals surface area (Å²) >= 11 is 1.99. The molecule has 0 aliphatic heterocycles. The van der Waals surface area contributed by atoms with Crippen LogP contribution in [0, 0.1) is 0 Å². The summed E-state index contributed by atoms with van der Waals surface area (Å²) in [5.41, 5.74) is 1.55. The zero-order chi connectivity index (χ0) is 9.80. The van der Waals surface area contributed by atoms with Crippen LogP contribution in [-0.2, 0) is 5.75 Å². The minimum absolute atomic E-state index is 0.703. The van der Waals surface area contributed by atoms with Gasteiger partial charge in [-0.2, -0.15) is 0 Å². The molecule has 0 saturated heterocycles. The van der Waals surface area contributed by atoms with Crippen molar-refractivity contribution >= 4 is 11.8 Å². The van der Waals surface area contributed by atoms with Crippen molar-refractivity contribution in [1.29, 1.82) is 0 Å². The van der Waals surface area contributed by atoms with Gasteiger partial charge in [-0.05, 0) is 38.3 Å². The Bertz CT molecular complexity index is 300. The molecular weight excluding hydrogens is 192 g/mol. The third kappa shape index (κ3) is 2.68. The van der Waals surface area contributed by atoms with Crippen LogP contribution >= 0.6 is 11.8 Å². The maximum absolute atomic E-state index is 5.31. The van der Waals surface area contributed by atoms with E-state index in [0.29, 0.717) is 5.25 Å². The lowest BCUT2D eigenvalue weighted by molar-refractivity contribution is 0.530. The molecule has 0 N–H and O–H groups in total. The first-order valence-corrected chi connectivity index (χ1v) is 6.21. The summed E-state index contributed by atoms with van der Waals surface area (Å²) in [5.74, 6) is 2.09. The van der Waals surface area contributed by atoms with Crippen LogP contribution in [0.5, 0.6) is 0 Å². The molecule has 1 aliphatic rings. The highest BCUT2D eigenvalue weighted by Gasteiger charge is 2.12. The summed E-state index contributed by atoms with van der Waals surface area (Å²) in [6.07, 6.45) is 8.12. The van der Waals surface area contributed by atoms with Crippen LogP contribution in [0.4, 0.5) is 0 Å². The van der Waals surface area contributed by atoms with Crippen LogP contribution in [-0.4, -0.2) is 5.25 Å². The molecule has 1 aliphatic carbocycles. The average molecular weight is 208 g/mol. The van der Waals surface area contributed by atoms with Crippen LogP contribution in [0.2, 0.25) is 0 Å². The van der Waals surface area contributed by atoms with Gasteiger partial charge in [0.1, 0.15) is 5.76 Å². The van der Waals surface area contributed by atoms with E-state index in [1.54, 1.807) is 11.8 Å². The molecule has 76 valence electrons. The van der Waals surface area contributed by atoms with E-state index in [1.807, 2.05) is 23.9 Å². The topological polar surface area (TPSA) is 13.1 Å². The predicted octanol–water partition coefficient (Wildman–Crippen LogP) is 4.01. The van der Waals surface area contributed by atoms with Gasteiger partial charge in [-0.3, -0.25) is 0 Å². The second kappa shape index (κ2) is 4.74. The quantitative estimate of drug-likeness (QED) is 0.696. The Hall–Kier alpha value is -0.630. The van der Waals surface area contributed by atoms with Crippen LogP contribution in [0.25, 0.3) is 0 Å². The molecule has 0 amide bonds. The molecule has 1 aromatic rings. The van der Waals surface area contributed by atoms with Gasteiger partial charge in [0.15, 0.2) is 0 Å². The van der Waals surface area contributed by atoms with Gasteiger partial charge in [0.25, 0.3) is 0 Å². The van der Waals surface area contributed by atoms with E-state index in [-0.39, 0.29) is 0 Å². The fourth-order valence-corrected chi connectivity index (χ4v) is 2.99. The van der Waals surface area contributed by atoms with E-state index < -0.39 is 0 Å². The standard InChI is InChI=1S/C12H16OS/c1-10-4-2-6-12(8-10)14-9-11-5-3-7-13-11/h3,5,7-8,12H,2,4,6,9H2,1H3. The lowest BCUT2D eigenvalue weighted by Crippen LogP contribution is -2.05. The molecule has 2 heteroatoms. The molecule has 1 heterocycles. The molecule has 1 nitrogen and oxygen atoms in total. The van der Waals surface area contributed by atoms with Gasteiger partial charge in [0.2, 0.25) is 0 Å². The summed E-state index contributed by atoms with van der Waals surface area (Å²) < 4.78 is 5.31. The van der Waals surface area contributed by atoms with Crippen molar-refractivity contribution in [2.24, 2.45) is 0 Å². The van der Waals surface area contributed by atoms with E-state index in [4.69, 9.17) is 4.42 Å². The Balaban J connectivity index is 1.83. The average Bonchev–Trinajstić information content (AvgIpc) is 2.67. The molecule has 1 atom stereocenters. The number of hydrogen-bond acceptors (Lipinski definition) is 2. The predicted molar refractivity (Wildman–Crippen MR) is 61.4 cm³/mol. The fourth-order valence-electron chi connectivity index (χ4n) is 1.78. The van der Waals surface area contributed by atoms with Crippen molar-refractivity contribution in [3.63, 3.8) is 0 Å². The van der Waals surface area contributed by atoms with Gasteiger partial charge in [-0.25, -0.2) is 0 Å². The highest BCUT2D eigenvalue weighted by molar-refractivity contribution is 7.99. The first kappa shape index (κ1) is 9.91. The fraction of sp³-hybridized carbons (Fsp3) is 0.500. The molecule has 0 fully saturated rings. The highest BCUT2D eigenvalue weighted by atomic mass is 32.2. The van der Waals surface area contributed by atoms with Gasteiger partial charge in [0, 0.05) is 5.25 Å².